The van der Waals surface area contributed by atoms with Crippen molar-refractivity contribution in [3.63, 3.8) is 0 Å². The molecule has 2 heterocycles. The Hall–Kier alpha value is -2.93. The largest absolute Gasteiger partial charge is 0.349 e. The van der Waals surface area contributed by atoms with Crippen molar-refractivity contribution < 1.29 is 9.59 Å². The lowest BCUT2D eigenvalue weighted by atomic mass is 9.95. The summed E-state index contributed by atoms with van der Waals surface area (Å²) in [6, 6.07) is 10.2. The Bertz CT molecular complexity index is 1030. The summed E-state index contributed by atoms with van der Waals surface area (Å²) in [4.78, 5) is 42.5. The van der Waals surface area contributed by atoms with Crippen LogP contribution in [0.1, 0.15) is 39.9 Å². The first-order valence-electron chi connectivity index (χ1n) is 10.9. The fraction of sp³-hybridized carbons (Fsp3) is 0.458. The van der Waals surface area contributed by atoms with E-state index in [1.165, 1.54) is 0 Å². The number of benzene rings is 1. The zero-order valence-corrected chi connectivity index (χ0v) is 18.3. The molecule has 1 aliphatic carbocycles. The molecule has 31 heavy (non-hydrogen) atoms. The number of carbonyl (C=O) groups excluding carboxylic acids is 2. The first-order valence-corrected chi connectivity index (χ1v) is 10.9. The van der Waals surface area contributed by atoms with Crippen molar-refractivity contribution in [1.82, 2.24) is 19.7 Å². The number of nitrogens with zero attached hydrogens (tertiary/aromatic N) is 3. The third-order valence-corrected chi connectivity index (χ3v) is 5.90. The number of hydrogen-bond acceptors (Lipinski definition) is 4. The second-order valence-corrected chi connectivity index (χ2v) is 8.79. The maximum Gasteiger partial charge on any atom is 0.263 e. The molecule has 2 aliphatic rings. The van der Waals surface area contributed by atoms with E-state index >= 15 is 0 Å². The van der Waals surface area contributed by atoms with E-state index in [0.29, 0.717) is 39.0 Å². The number of likely N-dealkylation sites (N-methyl/N-ethyl adjacent to an activating group) is 1. The maximum atomic E-state index is 13.3. The molecule has 2 amide bonds. The quantitative estimate of drug-likeness (QED) is 0.733. The number of fused-ring (bicyclic) bond motifs is 1. The molecule has 0 spiro atoms. The Morgan fingerprint density at radius 1 is 1.16 bits per heavy atom. The fourth-order valence-electron chi connectivity index (χ4n) is 4.07. The van der Waals surface area contributed by atoms with Gasteiger partial charge in [-0.3, -0.25) is 14.4 Å². The number of hydrogen-bond donors (Lipinski definition) is 1. The summed E-state index contributed by atoms with van der Waals surface area (Å²) in [6.45, 7) is 1.79. The summed E-state index contributed by atoms with van der Waals surface area (Å²) in [7, 11) is 3.74. The van der Waals surface area contributed by atoms with Crippen molar-refractivity contribution in [3.8, 4) is 0 Å². The van der Waals surface area contributed by atoms with E-state index < -0.39 is 0 Å². The average molecular weight is 423 g/mol. The summed E-state index contributed by atoms with van der Waals surface area (Å²) >= 11 is 0. The van der Waals surface area contributed by atoms with E-state index in [1.807, 2.05) is 60.4 Å². The van der Waals surface area contributed by atoms with E-state index in [2.05, 4.69) is 5.32 Å². The topological polar surface area (TPSA) is 74.7 Å². The van der Waals surface area contributed by atoms with Crippen LogP contribution in [0.2, 0.25) is 0 Å². The Kier molecular flexibility index (Phi) is 6.23. The van der Waals surface area contributed by atoms with Crippen molar-refractivity contribution in [2.75, 3.05) is 27.2 Å². The smallest absolute Gasteiger partial charge is 0.263 e. The highest BCUT2D eigenvalue weighted by Crippen LogP contribution is 2.23. The molecule has 1 aromatic carbocycles. The molecule has 1 aliphatic heterocycles. The Balaban J connectivity index is 1.64. The average Bonchev–Trinajstić information content (AvgIpc) is 3.56. The van der Waals surface area contributed by atoms with Gasteiger partial charge in [-0.1, -0.05) is 30.3 Å². The predicted molar refractivity (Wildman–Crippen MR) is 119 cm³/mol. The highest BCUT2D eigenvalue weighted by atomic mass is 16.2. The SMILES string of the molecule is CN(C)CC(=O)N1CCc2c(cn(CCc3ccccc3)c(=O)c2C(=O)NC2CC2)C1. The van der Waals surface area contributed by atoms with Crippen LogP contribution in [-0.2, 0) is 30.7 Å². The fourth-order valence-corrected chi connectivity index (χ4v) is 4.07. The van der Waals surface area contributed by atoms with E-state index in [4.69, 9.17) is 0 Å². The van der Waals surface area contributed by atoms with Crippen molar-refractivity contribution in [1.29, 1.82) is 0 Å². The lowest BCUT2D eigenvalue weighted by Gasteiger charge is -2.31. The standard InChI is InChI=1S/C24H30N4O3/c1-26(2)16-21(29)27-13-11-20-18(14-27)15-28(12-10-17-6-4-3-5-7-17)24(31)22(20)23(30)25-19-8-9-19/h3-7,15,19H,8-14,16H2,1-2H3,(H,25,30). The molecule has 1 saturated carbocycles. The Labute approximate surface area is 182 Å². The molecule has 0 saturated heterocycles. The number of carbonyl (C=O) groups is 2. The van der Waals surface area contributed by atoms with Crippen LogP contribution >= 0.6 is 0 Å². The molecule has 1 N–H and O–H groups in total. The Morgan fingerprint density at radius 3 is 2.58 bits per heavy atom. The molecule has 1 aromatic heterocycles. The van der Waals surface area contributed by atoms with Crippen LogP contribution in [0.4, 0.5) is 0 Å². The minimum atomic E-state index is -0.272. The molecule has 0 bridgehead atoms. The highest BCUT2D eigenvalue weighted by Gasteiger charge is 2.31. The van der Waals surface area contributed by atoms with Gasteiger partial charge in [0.1, 0.15) is 5.56 Å². The molecule has 0 radical (unpaired) electrons. The Morgan fingerprint density at radius 2 is 1.90 bits per heavy atom. The molecule has 1 fully saturated rings. The monoisotopic (exact) mass is 422 g/mol. The summed E-state index contributed by atoms with van der Waals surface area (Å²) in [5.41, 5.74) is 2.86. The van der Waals surface area contributed by atoms with Crippen LogP contribution in [-0.4, -0.2) is 59.4 Å². The number of rotatable bonds is 7. The van der Waals surface area contributed by atoms with Crippen molar-refractivity contribution >= 4 is 11.8 Å². The number of nitrogens with one attached hydrogen (secondary N) is 1. The van der Waals surface area contributed by atoms with E-state index in [-0.39, 0.29) is 29.0 Å². The molecular formula is C24H30N4O3. The van der Waals surface area contributed by atoms with Gasteiger partial charge in [-0.05, 0) is 56.5 Å². The summed E-state index contributed by atoms with van der Waals surface area (Å²) in [6.07, 6.45) is 5.01. The van der Waals surface area contributed by atoms with Gasteiger partial charge < -0.3 is 19.7 Å². The lowest BCUT2D eigenvalue weighted by molar-refractivity contribution is -0.132. The second-order valence-electron chi connectivity index (χ2n) is 8.79. The molecule has 0 unspecified atom stereocenters. The summed E-state index contributed by atoms with van der Waals surface area (Å²) < 4.78 is 1.65. The molecule has 164 valence electrons. The van der Waals surface area contributed by atoms with Gasteiger partial charge in [-0.2, -0.15) is 0 Å². The van der Waals surface area contributed by atoms with E-state index in [0.717, 1.165) is 29.5 Å². The highest BCUT2D eigenvalue weighted by molar-refractivity contribution is 5.96. The van der Waals surface area contributed by atoms with E-state index in [9.17, 15) is 14.4 Å². The third-order valence-electron chi connectivity index (χ3n) is 5.90. The molecule has 7 heteroatoms. The van der Waals surface area contributed by atoms with Gasteiger partial charge in [0.25, 0.3) is 11.5 Å². The van der Waals surface area contributed by atoms with Crippen molar-refractivity contribution in [2.45, 2.75) is 44.8 Å². The van der Waals surface area contributed by atoms with Gasteiger partial charge in [-0.25, -0.2) is 0 Å². The van der Waals surface area contributed by atoms with Crippen LogP contribution < -0.4 is 10.9 Å². The van der Waals surface area contributed by atoms with Crippen LogP contribution in [0.25, 0.3) is 0 Å². The van der Waals surface area contributed by atoms with Crippen LogP contribution in [0.5, 0.6) is 0 Å². The second kappa shape index (κ2) is 9.06. The van der Waals surface area contributed by atoms with E-state index in [1.54, 1.807) is 4.57 Å². The maximum absolute atomic E-state index is 13.3. The number of amides is 2. The molecular weight excluding hydrogens is 392 g/mol. The van der Waals surface area contributed by atoms with Crippen LogP contribution in [0, 0.1) is 0 Å². The van der Waals surface area contributed by atoms with Crippen molar-refractivity contribution in [2.24, 2.45) is 0 Å². The molecule has 4 rings (SSSR count). The van der Waals surface area contributed by atoms with Crippen LogP contribution in [0.15, 0.2) is 41.3 Å². The molecule has 0 atom stereocenters. The lowest BCUT2D eigenvalue weighted by Crippen LogP contribution is -2.44. The zero-order chi connectivity index (χ0) is 22.0. The minimum Gasteiger partial charge on any atom is -0.349 e. The van der Waals surface area contributed by atoms with Gasteiger partial charge in [-0.15, -0.1) is 0 Å². The van der Waals surface area contributed by atoms with Gasteiger partial charge in [0.2, 0.25) is 5.91 Å². The number of aryl methyl sites for hydroxylation is 2. The van der Waals surface area contributed by atoms with Gasteiger partial charge >= 0.3 is 0 Å². The number of pyridine rings is 1. The van der Waals surface area contributed by atoms with Gasteiger partial charge in [0, 0.05) is 31.9 Å². The summed E-state index contributed by atoms with van der Waals surface area (Å²) in [5, 5.41) is 2.98. The normalized spacial score (nSPS) is 15.6. The van der Waals surface area contributed by atoms with Crippen LogP contribution in [0.3, 0.4) is 0 Å². The summed E-state index contributed by atoms with van der Waals surface area (Å²) in [5.74, 6) is -0.215. The van der Waals surface area contributed by atoms with Crippen molar-refractivity contribution in [3.05, 3.63) is 69.1 Å². The molecule has 2 aromatic rings. The van der Waals surface area contributed by atoms with Gasteiger partial charge in [0.15, 0.2) is 0 Å². The third kappa shape index (κ3) is 5.05. The first-order chi connectivity index (χ1) is 14.9. The minimum absolute atomic E-state index is 0.0571. The van der Waals surface area contributed by atoms with Gasteiger partial charge in [0.05, 0.1) is 6.54 Å². The predicted octanol–water partition coefficient (Wildman–Crippen LogP) is 1.43. The number of aromatic nitrogens is 1. The molecule has 7 nitrogen and oxygen atoms in total. The first kappa shape index (κ1) is 21.3. The zero-order valence-electron chi connectivity index (χ0n) is 18.3.